The molecule has 2 aliphatic heterocycles. The van der Waals surface area contributed by atoms with Crippen molar-refractivity contribution < 1.29 is 0 Å². The van der Waals surface area contributed by atoms with Crippen molar-refractivity contribution in [2.45, 2.75) is 70.6 Å². The highest BCUT2D eigenvalue weighted by atomic mass is 32.1. The van der Waals surface area contributed by atoms with E-state index in [1.165, 1.54) is 41.3 Å². The Bertz CT molecular complexity index is 442. The number of aryl methyl sites for hydroxylation is 2. The van der Waals surface area contributed by atoms with Gasteiger partial charge in [0.1, 0.15) is 0 Å². The molecule has 4 heteroatoms. The average Bonchev–Trinajstić information content (AvgIpc) is 2.77. The summed E-state index contributed by atoms with van der Waals surface area (Å²) in [5, 5.41) is 5.04. The predicted molar refractivity (Wildman–Crippen MR) is 80.7 cm³/mol. The van der Waals surface area contributed by atoms with Crippen molar-refractivity contribution >= 4 is 11.3 Å². The van der Waals surface area contributed by atoms with Crippen LogP contribution in [0.1, 0.15) is 54.2 Å². The molecule has 0 aliphatic carbocycles. The van der Waals surface area contributed by atoms with Gasteiger partial charge in [-0.25, -0.2) is 4.98 Å². The van der Waals surface area contributed by atoms with Crippen LogP contribution in [0, 0.1) is 13.8 Å². The molecule has 2 saturated heterocycles. The summed E-state index contributed by atoms with van der Waals surface area (Å²) in [6.45, 7) is 6.53. The number of hydrogen-bond donors (Lipinski definition) is 1. The smallest absolute Gasteiger partial charge is 0.0900 e. The van der Waals surface area contributed by atoms with Gasteiger partial charge in [-0.2, -0.15) is 0 Å². The van der Waals surface area contributed by atoms with Crippen molar-refractivity contribution in [3.05, 3.63) is 15.6 Å². The van der Waals surface area contributed by atoms with Gasteiger partial charge in [0.25, 0.3) is 0 Å². The van der Waals surface area contributed by atoms with Crippen LogP contribution in [0.2, 0.25) is 0 Å². The molecule has 2 fully saturated rings. The first-order chi connectivity index (χ1) is 9.04. The van der Waals surface area contributed by atoms with Crippen LogP contribution in [0.3, 0.4) is 0 Å². The van der Waals surface area contributed by atoms with Crippen molar-refractivity contribution in [3.8, 4) is 0 Å². The maximum Gasteiger partial charge on any atom is 0.0900 e. The minimum absolute atomic E-state index is 0.444. The zero-order valence-corrected chi connectivity index (χ0v) is 13.3. The Morgan fingerprint density at radius 3 is 2.42 bits per heavy atom. The lowest BCUT2D eigenvalue weighted by atomic mass is 9.97. The van der Waals surface area contributed by atoms with Crippen LogP contribution in [0.25, 0.3) is 0 Å². The standard InChI is InChI=1S/C15H25N3S/c1-9-15(19-11(3)16-9)10(2)17-12-7-13-5-6-14(8-12)18(13)4/h10,12-14,17H,5-8H2,1-4H3. The number of fused-ring (bicyclic) bond motifs is 2. The lowest BCUT2D eigenvalue weighted by Crippen LogP contribution is -2.47. The third-order valence-corrected chi connectivity index (χ3v) is 6.17. The van der Waals surface area contributed by atoms with Crippen LogP contribution in [0.4, 0.5) is 0 Å². The largest absolute Gasteiger partial charge is 0.306 e. The van der Waals surface area contributed by atoms with E-state index in [9.17, 15) is 0 Å². The van der Waals surface area contributed by atoms with E-state index in [4.69, 9.17) is 0 Å². The number of hydrogen-bond acceptors (Lipinski definition) is 4. The number of piperidine rings is 1. The van der Waals surface area contributed by atoms with E-state index in [0.29, 0.717) is 12.1 Å². The van der Waals surface area contributed by atoms with Crippen LogP contribution >= 0.6 is 11.3 Å². The third kappa shape index (κ3) is 2.58. The molecule has 106 valence electrons. The van der Waals surface area contributed by atoms with E-state index in [-0.39, 0.29) is 0 Å². The Morgan fingerprint density at radius 1 is 1.26 bits per heavy atom. The first-order valence-corrected chi connectivity index (χ1v) is 8.28. The van der Waals surface area contributed by atoms with Gasteiger partial charge in [-0.15, -0.1) is 11.3 Å². The molecule has 3 atom stereocenters. The minimum atomic E-state index is 0.444. The van der Waals surface area contributed by atoms with Gasteiger partial charge < -0.3 is 10.2 Å². The lowest BCUT2D eigenvalue weighted by Gasteiger charge is -2.37. The average molecular weight is 279 g/mol. The van der Waals surface area contributed by atoms with Gasteiger partial charge in [-0.1, -0.05) is 0 Å². The molecule has 0 spiro atoms. The Balaban J connectivity index is 1.64. The highest BCUT2D eigenvalue weighted by molar-refractivity contribution is 7.11. The second kappa shape index (κ2) is 5.15. The fourth-order valence-electron chi connectivity index (χ4n) is 3.93. The second-order valence-electron chi connectivity index (χ2n) is 6.29. The fourth-order valence-corrected chi connectivity index (χ4v) is 4.86. The minimum Gasteiger partial charge on any atom is -0.306 e. The summed E-state index contributed by atoms with van der Waals surface area (Å²) in [7, 11) is 2.30. The number of nitrogens with one attached hydrogen (secondary N) is 1. The Morgan fingerprint density at radius 2 is 1.89 bits per heavy atom. The summed E-state index contributed by atoms with van der Waals surface area (Å²) in [6, 6.07) is 2.75. The van der Waals surface area contributed by atoms with Crippen molar-refractivity contribution in [2.24, 2.45) is 0 Å². The van der Waals surface area contributed by atoms with Gasteiger partial charge in [0.05, 0.1) is 10.7 Å². The fraction of sp³-hybridized carbons (Fsp3) is 0.800. The summed E-state index contributed by atoms with van der Waals surface area (Å²) in [5.41, 5.74) is 1.21. The van der Waals surface area contributed by atoms with Gasteiger partial charge in [-0.05, 0) is 53.5 Å². The molecule has 19 heavy (non-hydrogen) atoms. The van der Waals surface area contributed by atoms with Crippen LogP contribution in [0.15, 0.2) is 0 Å². The molecule has 1 aromatic heterocycles. The molecule has 3 nitrogen and oxygen atoms in total. The molecule has 3 unspecified atom stereocenters. The molecule has 3 rings (SSSR count). The van der Waals surface area contributed by atoms with Crippen molar-refractivity contribution in [1.82, 2.24) is 15.2 Å². The molecule has 0 amide bonds. The molecule has 2 aliphatic rings. The van der Waals surface area contributed by atoms with E-state index in [2.05, 4.69) is 43.0 Å². The summed E-state index contributed by atoms with van der Waals surface area (Å²) in [6.07, 6.45) is 5.42. The molecular formula is C15H25N3S. The van der Waals surface area contributed by atoms with E-state index < -0.39 is 0 Å². The lowest BCUT2D eigenvalue weighted by molar-refractivity contribution is 0.144. The number of aromatic nitrogens is 1. The zero-order chi connectivity index (χ0) is 13.6. The monoisotopic (exact) mass is 279 g/mol. The predicted octanol–water partition coefficient (Wildman–Crippen LogP) is 3.04. The molecule has 2 bridgehead atoms. The molecular weight excluding hydrogens is 254 g/mol. The highest BCUT2D eigenvalue weighted by Crippen LogP contribution is 2.35. The molecule has 1 aromatic rings. The van der Waals surface area contributed by atoms with Crippen molar-refractivity contribution in [2.75, 3.05) is 7.05 Å². The molecule has 0 radical (unpaired) electrons. The molecule has 3 heterocycles. The molecule has 0 saturated carbocycles. The second-order valence-corrected chi connectivity index (χ2v) is 7.52. The summed E-state index contributed by atoms with van der Waals surface area (Å²) in [4.78, 5) is 8.57. The van der Waals surface area contributed by atoms with Gasteiger partial charge in [0.15, 0.2) is 0 Å². The molecule has 0 aromatic carbocycles. The topological polar surface area (TPSA) is 28.2 Å². The van der Waals surface area contributed by atoms with E-state index in [0.717, 1.165) is 12.1 Å². The van der Waals surface area contributed by atoms with Crippen LogP contribution in [-0.2, 0) is 0 Å². The zero-order valence-electron chi connectivity index (χ0n) is 12.4. The summed E-state index contributed by atoms with van der Waals surface area (Å²) in [5.74, 6) is 0. The molecule has 1 N–H and O–H groups in total. The Hall–Kier alpha value is -0.450. The van der Waals surface area contributed by atoms with Gasteiger partial charge in [0.2, 0.25) is 0 Å². The Kier molecular flexibility index (Phi) is 3.67. The quantitative estimate of drug-likeness (QED) is 0.922. The van der Waals surface area contributed by atoms with E-state index in [1.54, 1.807) is 0 Å². The number of nitrogens with zero attached hydrogens (tertiary/aromatic N) is 2. The maximum absolute atomic E-state index is 4.55. The van der Waals surface area contributed by atoms with E-state index >= 15 is 0 Å². The van der Waals surface area contributed by atoms with Gasteiger partial charge in [-0.3, -0.25) is 0 Å². The van der Waals surface area contributed by atoms with E-state index in [1.807, 2.05) is 11.3 Å². The van der Waals surface area contributed by atoms with Crippen molar-refractivity contribution in [1.29, 1.82) is 0 Å². The summed E-state index contributed by atoms with van der Waals surface area (Å²) < 4.78 is 0. The van der Waals surface area contributed by atoms with Crippen molar-refractivity contribution in [3.63, 3.8) is 0 Å². The number of thiazole rings is 1. The highest BCUT2D eigenvalue weighted by Gasteiger charge is 2.38. The summed E-state index contributed by atoms with van der Waals surface area (Å²) >= 11 is 1.84. The maximum atomic E-state index is 4.55. The van der Waals surface area contributed by atoms with Crippen LogP contribution < -0.4 is 5.32 Å². The van der Waals surface area contributed by atoms with Gasteiger partial charge in [0, 0.05) is 29.0 Å². The SMILES string of the molecule is Cc1nc(C)c(C(C)NC2CC3CCC(C2)N3C)s1. The number of rotatable bonds is 3. The normalized spacial score (nSPS) is 32.7. The van der Waals surface area contributed by atoms with Crippen LogP contribution in [-0.4, -0.2) is 35.1 Å². The first-order valence-electron chi connectivity index (χ1n) is 7.46. The first kappa shape index (κ1) is 13.5. The third-order valence-electron chi connectivity index (χ3n) is 4.92. The van der Waals surface area contributed by atoms with Gasteiger partial charge >= 0.3 is 0 Å². The Labute approximate surface area is 120 Å². The van der Waals surface area contributed by atoms with Crippen LogP contribution in [0.5, 0.6) is 0 Å².